The molecule has 34 heavy (non-hydrogen) atoms. The van der Waals surface area contributed by atoms with Gasteiger partial charge in [-0.25, -0.2) is 13.1 Å². The van der Waals surface area contributed by atoms with Crippen LogP contribution in [-0.2, 0) is 26.8 Å². The standard InChI is InChI=1S/C26H35N3O4S/c1-26(2,3)22-10-12-23(13-11-22)34(32,33)28-15-14-24(30)27-19-20-8-7-9-21(18-20)25(31)29-16-5-4-6-17-29/h7-13,18,28H,4-6,14-17,19H2,1-3H3,(H,27,30). The number of hydrogen-bond donors (Lipinski definition) is 2. The fourth-order valence-corrected chi connectivity index (χ4v) is 4.93. The van der Waals surface area contributed by atoms with Gasteiger partial charge in [-0.05, 0) is 60.1 Å². The molecule has 1 aliphatic rings. The van der Waals surface area contributed by atoms with Gasteiger partial charge in [0.25, 0.3) is 5.91 Å². The summed E-state index contributed by atoms with van der Waals surface area (Å²) in [6.45, 7) is 8.05. The number of nitrogens with one attached hydrogen (secondary N) is 2. The summed E-state index contributed by atoms with van der Waals surface area (Å²) >= 11 is 0. The molecule has 1 aliphatic heterocycles. The van der Waals surface area contributed by atoms with Crippen molar-refractivity contribution in [1.82, 2.24) is 14.9 Å². The Kier molecular flexibility index (Phi) is 8.49. The highest BCUT2D eigenvalue weighted by Gasteiger charge is 2.19. The highest BCUT2D eigenvalue weighted by Crippen LogP contribution is 2.23. The lowest BCUT2D eigenvalue weighted by Gasteiger charge is -2.26. The molecule has 1 saturated heterocycles. The molecule has 0 aromatic heterocycles. The molecule has 0 aliphatic carbocycles. The van der Waals surface area contributed by atoms with Crippen molar-refractivity contribution in [2.24, 2.45) is 0 Å². The predicted molar refractivity (Wildman–Crippen MR) is 133 cm³/mol. The van der Waals surface area contributed by atoms with Crippen molar-refractivity contribution in [3.8, 4) is 0 Å². The van der Waals surface area contributed by atoms with E-state index < -0.39 is 10.0 Å². The molecule has 7 nitrogen and oxygen atoms in total. The molecule has 184 valence electrons. The van der Waals surface area contributed by atoms with E-state index in [1.165, 1.54) is 0 Å². The summed E-state index contributed by atoms with van der Waals surface area (Å²) in [5.74, 6) is -0.239. The van der Waals surface area contributed by atoms with Crippen molar-refractivity contribution in [3.63, 3.8) is 0 Å². The molecule has 1 fully saturated rings. The molecule has 0 radical (unpaired) electrons. The minimum absolute atomic E-state index is 0.00265. The summed E-state index contributed by atoms with van der Waals surface area (Å²) < 4.78 is 27.5. The van der Waals surface area contributed by atoms with Gasteiger partial charge in [0.1, 0.15) is 0 Å². The number of sulfonamides is 1. The fourth-order valence-electron chi connectivity index (χ4n) is 3.90. The van der Waals surface area contributed by atoms with Crippen LogP contribution in [0, 0.1) is 0 Å². The van der Waals surface area contributed by atoms with E-state index in [9.17, 15) is 18.0 Å². The number of hydrogen-bond acceptors (Lipinski definition) is 4. The van der Waals surface area contributed by atoms with Crippen LogP contribution in [0.25, 0.3) is 0 Å². The Morgan fingerprint density at radius 3 is 2.29 bits per heavy atom. The predicted octanol–water partition coefficient (Wildman–Crippen LogP) is 3.60. The van der Waals surface area contributed by atoms with Crippen LogP contribution in [0.1, 0.15) is 67.9 Å². The van der Waals surface area contributed by atoms with Crippen LogP contribution in [0.15, 0.2) is 53.4 Å². The first-order valence-electron chi connectivity index (χ1n) is 11.8. The van der Waals surface area contributed by atoms with Gasteiger partial charge in [-0.15, -0.1) is 0 Å². The zero-order valence-electron chi connectivity index (χ0n) is 20.3. The molecular weight excluding hydrogens is 450 g/mol. The molecule has 2 aromatic carbocycles. The highest BCUT2D eigenvalue weighted by molar-refractivity contribution is 7.89. The summed E-state index contributed by atoms with van der Waals surface area (Å²) in [4.78, 5) is 27.0. The van der Waals surface area contributed by atoms with Gasteiger partial charge in [0.05, 0.1) is 4.90 Å². The maximum Gasteiger partial charge on any atom is 0.253 e. The van der Waals surface area contributed by atoms with Crippen molar-refractivity contribution in [3.05, 3.63) is 65.2 Å². The topological polar surface area (TPSA) is 95.6 Å². The van der Waals surface area contributed by atoms with Crippen molar-refractivity contribution in [1.29, 1.82) is 0 Å². The third kappa shape index (κ3) is 7.14. The van der Waals surface area contributed by atoms with Gasteiger partial charge in [-0.1, -0.05) is 45.0 Å². The number of carbonyl (C=O) groups is 2. The van der Waals surface area contributed by atoms with Gasteiger partial charge in [0.15, 0.2) is 0 Å². The van der Waals surface area contributed by atoms with E-state index in [1.807, 2.05) is 29.2 Å². The Hall–Kier alpha value is -2.71. The first-order valence-corrected chi connectivity index (χ1v) is 13.3. The van der Waals surface area contributed by atoms with Crippen LogP contribution in [0.4, 0.5) is 0 Å². The Balaban J connectivity index is 1.47. The van der Waals surface area contributed by atoms with Crippen LogP contribution < -0.4 is 10.0 Å². The maximum absolute atomic E-state index is 12.7. The summed E-state index contributed by atoms with van der Waals surface area (Å²) in [6, 6.07) is 14.1. The third-order valence-corrected chi connectivity index (χ3v) is 7.46. The van der Waals surface area contributed by atoms with E-state index in [0.29, 0.717) is 5.56 Å². The summed E-state index contributed by atoms with van der Waals surface area (Å²) in [7, 11) is -3.68. The Labute approximate surface area is 203 Å². The van der Waals surface area contributed by atoms with Crippen LogP contribution in [0.5, 0.6) is 0 Å². The van der Waals surface area contributed by atoms with Gasteiger partial charge >= 0.3 is 0 Å². The van der Waals surface area contributed by atoms with Gasteiger partial charge in [-0.3, -0.25) is 9.59 Å². The quantitative estimate of drug-likeness (QED) is 0.597. The number of piperidine rings is 1. The average Bonchev–Trinajstić information content (AvgIpc) is 2.82. The SMILES string of the molecule is CC(C)(C)c1ccc(S(=O)(=O)NCCC(=O)NCc2cccc(C(=O)N3CCCCC3)c2)cc1. The number of amides is 2. The molecule has 8 heteroatoms. The number of rotatable bonds is 8. The van der Waals surface area contributed by atoms with E-state index in [2.05, 4.69) is 30.8 Å². The van der Waals surface area contributed by atoms with E-state index in [1.54, 1.807) is 24.3 Å². The summed E-state index contributed by atoms with van der Waals surface area (Å²) in [5.41, 5.74) is 2.44. The van der Waals surface area contributed by atoms with Crippen LogP contribution in [-0.4, -0.2) is 44.8 Å². The number of carbonyl (C=O) groups excluding carboxylic acids is 2. The average molecular weight is 486 g/mol. The molecule has 3 rings (SSSR count). The third-order valence-electron chi connectivity index (χ3n) is 5.98. The minimum Gasteiger partial charge on any atom is -0.352 e. The smallest absolute Gasteiger partial charge is 0.253 e. The zero-order chi connectivity index (χ0) is 24.8. The van der Waals surface area contributed by atoms with E-state index in [0.717, 1.165) is 43.5 Å². The van der Waals surface area contributed by atoms with Gasteiger partial charge < -0.3 is 10.2 Å². The van der Waals surface area contributed by atoms with Crippen molar-refractivity contribution in [2.45, 2.75) is 63.3 Å². The molecular formula is C26H35N3O4S. The van der Waals surface area contributed by atoms with Crippen LogP contribution in [0.2, 0.25) is 0 Å². The second kappa shape index (κ2) is 11.1. The first kappa shape index (κ1) is 25.9. The van der Waals surface area contributed by atoms with Crippen molar-refractivity contribution < 1.29 is 18.0 Å². The van der Waals surface area contributed by atoms with E-state index in [4.69, 9.17) is 0 Å². The lowest BCUT2D eigenvalue weighted by Crippen LogP contribution is -2.35. The molecule has 0 spiro atoms. The molecule has 2 aromatic rings. The van der Waals surface area contributed by atoms with Gasteiger partial charge in [-0.2, -0.15) is 0 Å². The zero-order valence-corrected chi connectivity index (χ0v) is 21.1. The minimum atomic E-state index is -3.68. The van der Waals surface area contributed by atoms with Crippen molar-refractivity contribution in [2.75, 3.05) is 19.6 Å². The van der Waals surface area contributed by atoms with E-state index >= 15 is 0 Å². The number of likely N-dealkylation sites (tertiary alicyclic amines) is 1. The Bertz CT molecular complexity index is 1100. The lowest BCUT2D eigenvalue weighted by atomic mass is 9.87. The Morgan fingerprint density at radius 2 is 1.65 bits per heavy atom. The van der Waals surface area contributed by atoms with Crippen molar-refractivity contribution >= 4 is 21.8 Å². The molecule has 0 bridgehead atoms. The Morgan fingerprint density at radius 1 is 0.971 bits per heavy atom. The molecule has 0 atom stereocenters. The van der Waals surface area contributed by atoms with E-state index in [-0.39, 0.29) is 41.6 Å². The second-order valence-corrected chi connectivity index (χ2v) is 11.5. The summed E-state index contributed by atoms with van der Waals surface area (Å²) in [5, 5.41) is 2.80. The first-order chi connectivity index (χ1) is 16.1. The van der Waals surface area contributed by atoms with Gasteiger partial charge in [0.2, 0.25) is 15.9 Å². The normalized spacial score (nSPS) is 14.6. The molecule has 1 heterocycles. The molecule has 2 N–H and O–H groups in total. The molecule has 2 amide bonds. The monoisotopic (exact) mass is 485 g/mol. The lowest BCUT2D eigenvalue weighted by molar-refractivity contribution is -0.121. The van der Waals surface area contributed by atoms with Crippen LogP contribution in [0.3, 0.4) is 0 Å². The largest absolute Gasteiger partial charge is 0.352 e. The fraction of sp³-hybridized carbons (Fsp3) is 0.462. The molecule has 0 unspecified atom stereocenters. The van der Waals surface area contributed by atoms with Gasteiger partial charge in [0, 0.05) is 38.2 Å². The highest BCUT2D eigenvalue weighted by atomic mass is 32.2. The maximum atomic E-state index is 12.7. The number of benzene rings is 2. The number of nitrogens with zero attached hydrogens (tertiary/aromatic N) is 1. The summed E-state index contributed by atoms with van der Waals surface area (Å²) in [6.07, 6.45) is 3.25. The second-order valence-electron chi connectivity index (χ2n) is 9.75. The van der Waals surface area contributed by atoms with Crippen LogP contribution >= 0.6 is 0 Å². The molecule has 0 saturated carbocycles.